The van der Waals surface area contributed by atoms with Crippen molar-refractivity contribution in [3.8, 4) is 11.5 Å². The highest BCUT2D eigenvalue weighted by atomic mass is 16.5. The van der Waals surface area contributed by atoms with Crippen molar-refractivity contribution < 1.29 is 33.3 Å². The predicted molar refractivity (Wildman–Crippen MR) is 109 cm³/mol. The first-order valence-electron chi connectivity index (χ1n) is 9.52. The van der Waals surface area contributed by atoms with Gasteiger partial charge in [-0.05, 0) is 44.5 Å². The maximum atomic E-state index is 12.2. The zero-order chi connectivity index (χ0) is 22.1. The van der Waals surface area contributed by atoms with Crippen LogP contribution < -0.4 is 20.1 Å². The third-order valence-electron chi connectivity index (χ3n) is 4.12. The average molecular weight is 418 g/mol. The van der Waals surface area contributed by atoms with Crippen molar-refractivity contribution >= 4 is 24.0 Å². The summed E-state index contributed by atoms with van der Waals surface area (Å²) in [6.45, 7) is 5.61. The quantitative estimate of drug-likeness (QED) is 0.467. The minimum Gasteiger partial charge on any atom is -0.493 e. The highest BCUT2D eigenvalue weighted by Gasteiger charge is 2.30. The second-order valence-electron chi connectivity index (χ2n) is 6.22. The van der Waals surface area contributed by atoms with Gasteiger partial charge in [0.1, 0.15) is 6.61 Å². The summed E-state index contributed by atoms with van der Waals surface area (Å²) in [6.07, 6.45) is 2.80. The van der Waals surface area contributed by atoms with Crippen molar-refractivity contribution in [2.24, 2.45) is 0 Å². The van der Waals surface area contributed by atoms with Crippen LogP contribution in [0.25, 0.3) is 6.08 Å². The van der Waals surface area contributed by atoms with Crippen molar-refractivity contribution in [3.05, 3.63) is 41.1 Å². The molecule has 1 unspecified atom stereocenters. The Morgan fingerprint density at radius 3 is 2.57 bits per heavy atom. The topological polar surface area (TPSA) is 112 Å². The number of benzene rings is 1. The Bertz CT molecular complexity index is 861. The molecule has 0 saturated carbocycles. The van der Waals surface area contributed by atoms with E-state index in [1.807, 2.05) is 6.92 Å². The lowest BCUT2D eigenvalue weighted by atomic mass is 10.0. The molecule has 0 aromatic heterocycles. The van der Waals surface area contributed by atoms with Crippen LogP contribution in [0.4, 0.5) is 4.79 Å². The van der Waals surface area contributed by atoms with Gasteiger partial charge in [0.2, 0.25) is 0 Å². The lowest BCUT2D eigenvalue weighted by molar-refractivity contribution is -0.140. The fourth-order valence-electron chi connectivity index (χ4n) is 2.81. The standard InChI is InChI=1S/C21H26N2O7/c1-5-28-16-9-7-14(11-17(16)27-4)8-10-18(24)30-12-15-19(20(25)29-6-2)13(3)22-21(26)23-15/h7-11,13H,5-6,12H2,1-4H3,(H2,22,23,26)/b10-8+. The van der Waals surface area contributed by atoms with Gasteiger partial charge in [0.25, 0.3) is 0 Å². The molecule has 0 bridgehead atoms. The van der Waals surface area contributed by atoms with E-state index in [0.717, 1.165) is 0 Å². The van der Waals surface area contributed by atoms with Crippen LogP contribution in [0.5, 0.6) is 11.5 Å². The van der Waals surface area contributed by atoms with Crippen LogP contribution in [-0.4, -0.2) is 50.9 Å². The van der Waals surface area contributed by atoms with Crippen molar-refractivity contribution in [3.63, 3.8) is 0 Å². The minimum absolute atomic E-state index is 0.185. The maximum absolute atomic E-state index is 12.2. The molecule has 2 rings (SSSR count). The number of nitrogens with one attached hydrogen (secondary N) is 2. The zero-order valence-electron chi connectivity index (χ0n) is 17.4. The van der Waals surface area contributed by atoms with Crippen LogP contribution in [0.15, 0.2) is 35.5 Å². The summed E-state index contributed by atoms with van der Waals surface area (Å²) < 4.78 is 20.9. The minimum atomic E-state index is -0.640. The predicted octanol–water partition coefficient (Wildman–Crippen LogP) is 2.17. The van der Waals surface area contributed by atoms with E-state index in [4.69, 9.17) is 18.9 Å². The molecular formula is C21H26N2O7. The molecule has 1 aliphatic rings. The molecule has 0 spiro atoms. The van der Waals surface area contributed by atoms with Gasteiger partial charge in [-0.1, -0.05) is 6.07 Å². The normalized spacial score (nSPS) is 16.0. The van der Waals surface area contributed by atoms with Crippen LogP contribution in [0.2, 0.25) is 0 Å². The Hall–Kier alpha value is -3.49. The monoisotopic (exact) mass is 418 g/mol. The van der Waals surface area contributed by atoms with E-state index in [1.54, 1.807) is 38.1 Å². The van der Waals surface area contributed by atoms with Gasteiger partial charge in [0.15, 0.2) is 11.5 Å². The Kier molecular flexibility index (Phi) is 8.28. The molecule has 1 aromatic carbocycles. The van der Waals surface area contributed by atoms with Crippen LogP contribution in [-0.2, 0) is 19.1 Å². The number of amides is 2. The van der Waals surface area contributed by atoms with Gasteiger partial charge >= 0.3 is 18.0 Å². The van der Waals surface area contributed by atoms with E-state index in [-0.39, 0.29) is 24.5 Å². The van der Waals surface area contributed by atoms with Crippen LogP contribution in [0, 0.1) is 0 Å². The van der Waals surface area contributed by atoms with Gasteiger partial charge in [-0.2, -0.15) is 0 Å². The highest BCUT2D eigenvalue weighted by Crippen LogP contribution is 2.28. The first kappa shape index (κ1) is 22.8. The Balaban J connectivity index is 2.07. The van der Waals surface area contributed by atoms with E-state index in [0.29, 0.717) is 23.7 Å². The summed E-state index contributed by atoms with van der Waals surface area (Å²) in [6, 6.07) is 4.19. The number of esters is 2. The summed E-state index contributed by atoms with van der Waals surface area (Å²) in [5, 5.41) is 5.07. The molecule has 0 fully saturated rings. The van der Waals surface area contributed by atoms with Crippen molar-refractivity contribution in [2.45, 2.75) is 26.8 Å². The Labute approximate surface area is 175 Å². The van der Waals surface area contributed by atoms with E-state index in [2.05, 4.69) is 10.6 Å². The average Bonchev–Trinajstić information content (AvgIpc) is 2.71. The van der Waals surface area contributed by atoms with Crippen molar-refractivity contribution in [2.75, 3.05) is 26.9 Å². The first-order valence-corrected chi connectivity index (χ1v) is 9.52. The van der Waals surface area contributed by atoms with Gasteiger partial charge in [-0.3, -0.25) is 0 Å². The molecule has 0 radical (unpaired) electrons. The summed E-state index contributed by atoms with van der Waals surface area (Å²) in [7, 11) is 1.53. The van der Waals surface area contributed by atoms with Gasteiger partial charge in [-0.15, -0.1) is 0 Å². The maximum Gasteiger partial charge on any atom is 0.338 e. The smallest absolute Gasteiger partial charge is 0.338 e. The molecule has 0 saturated heterocycles. The number of urea groups is 1. The van der Waals surface area contributed by atoms with E-state index >= 15 is 0 Å². The number of hydrogen-bond acceptors (Lipinski definition) is 7. The molecular weight excluding hydrogens is 392 g/mol. The third-order valence-corrected chi connectivity index (χ3v) is 4.12. The zero-order valence-corrected chi connectivity index (χ0v) is 17.4. The summed E-state index contributed by atoms with van der Waals surface area (Å²) in [5.74, 6) is -0.0727. The molecule has 9 nitrogen and oxygen atoms in total. The van der Waals surface area contributed by atoms with Gasteiger partial charge < -0.3 is 29.6 Å². The number of carbonyl (C=O) groups is 3. The lowest BCUT2D eigenvalue weighted by Gasteiger charge is -2.26. The van der Waals surface area contributed by atoms with Crippen LogP contribution >= 0.6 is 0 Å². The molecule has 9 heteroatoms. The third kappa shape index (κ3) is 6.00. The molecule has 0 aliphatic carbocycles. The largest absolute Gasteiger partial charge is 0.493 e. The van der Waals surface area contributed by atoms with Crippen LogP contribution in [0.3, 0.4) is 0 Å². The second-order valence-corrected chi connectivity index (χ2v) is 6.22. The molecule has 2 amide bonds. The molecule has 1 aromatic rings. The first-order chi connectivity index (χ1) is 14.4. The number of carbonyl (C=O) groups excluding carboxylic acids is 3. The van der Waals surface area contributed by atoms with Crippen molar-refractivity contribution in [1.29, 1.82) is 0 Å². The van der Waals surface area contributed by atoms with E-state index in [1.165, 1.54) is 13.2 Å². The highest BCUT2D eigenvalue weighted by molar-refractivity contribution is 5.95. The van der Waals surface area contributed by atoms with Gasteiger partial charge in [0.05, 0.1) is 37.6 Å². The number of rotatable bonds is 9. The summed E-state index contributed by atoms with van der Waals surface area (Å²) in [5.41, 5.74) is 1.11. The number of methoxy groups -OCH3 is 1. The van der Waals surface area contributed by atoms with Gasteiger partial charge in [-0.25, -0.2) is 14.4 Å². The molecule has 2 N–H and O–H groups in total. The molecule has 1 heterocycles. The van der Waals surface area contributed by atoms with Crippen LogP contribution in [0.1, 0.15) is 26.3 Å². The second kappa shape index (κ2) is 10.9. The fourth-order valence-corrected chi connectivity index (χ4v) is 2.81. The van der Waals surface area contributed by atoms with E-state index in [9.17, 15) is 14.4 Å². The number of ether oxygens (including phenoxy) is 4. The fraction of sp³-hybridized carbons (Fsp3) is 0.381. The summed E-state index contributed by atoms with van der Waals surface area (Å²) in [4.78, 5) is 36.0. The lowest BCUT2D eigenvalue weighted by Crippen LogP contribution is -2.50. The molecule has 1 atom stereocenters. The Morgan fingerprint density at radius 1 is 1.13 bits per heavy atom. The Morgan fingerprint density at radius 2 is 1.90 bits per heavy atom. The van der Waals surface area contributed by atoms with E-state index < -0.39 is 24.0 Å². The van der Waals surface area contributed by atoms with Crippen molar-refractivity contribution in [1.82, 2.24) is 10.6 Å². The van der Waals surface area contributed by atoms with Gasteiger partial charge in [0, 0.05) is 6.08 Å². The molecule has 1 aliphatic heterocycles. The number of hydrogen-bond donors (Lipinski definition) is 2. The SMILES string of the molecule is CCOC(=O)C1=C(COC(=O)/C=C/c2ccc(OCC)c(OC)c2)NC(=O)NC1C. The summed E-state index contributed by atoms with van der Waals surface area (Å²) >= 11 is 0. The molecule has 162 valence electrons. The molecule has 30 heavy (non-hydrogen) atoms.